The molecule has 0 N–H and O–H groups in total. The summed E-state index contributed by atoms with van der Waals surface area (Å²) < 4.78 is 3.80. The van der Waals surface area contributed by atoms with Gasteiger partial charge in [-0.3, -0.25) is 14.9 Å². The summed E-state index contributed by atoms with van der Waals surface area (Å²) in [6, 6.07) is 11.9. The number of hydrogen-bond donors (Lipinski definition) is 0. The molecule has 0 unspecified atom stereocenters. The molecule has 0 atom stereocenters. The number of non-ortho nitro benzene ring substituents is 1. The standard InChI is InChI=1S/C17H12BrN3O3S/c1-20-16-13(18)6-3-7-14(16)25-17(20)19-15(22)9-8-11-4-2-5-12(10-11)21(23)24/h2-10H,1H3/b9-8+,19-17?. The number of fused-ring (bicyclic) bond motifs is 1. The summed E-state index contributed by atoms with van der Waals surface area (Å²) in [6.45, 7) is 0. The number of nitro groups is 1. The molecule has 0 aliphatic heterocycles. The quantitative estimate of drug-likeness (QED) is 0.366. The van der Waals surface area contributed by atoms with E-state index in [9.17, 15) is 14.9 Å². The average Bonchev–Trinajstić information content (AvgIpc) is 2.90. The molecule has 0 bridgehead atoms. The Balaban J connectivity index is 1.91. The maximum absolute atomic E-state index is 12.1. The maximum atomic E-state index is 12.1. The monoisotopic (exact) mass is 417 g/mol. The first-order valence-corrected chi connectivity index (χ1v) is 8.82. The number of aromatic nitrogens is 1. The summed E-state index contributed by atoms with van der Waals surface area (Å²) in [6.07, 6.45) is 2.82. The van der Waals surface area contributed by atoms with Crippen LogP contribution in [0.15, 0.2) is 58.0 Å². The molecule has 1 heterocycles. The van der Waals surface area contributed by atoms with Gasteiger partial charge in [0.05, 0.1) is 15.1 Å². The third-order valence-corrected chi connectivity index (χ3v) is 5.22. The van der Waals surface area contributed by atoms with Gasteiger partial charge in [-0.15, -0.1) is 0 Å². The SMILES string of the molecule is Cn1c(=NC(=O)/C=C/c2cccc([N+](=O)[O-])c2)sc2cccc(Br)c21. The molecule has 1 aromatic heterocycles. The van der Waals surface area contributed by atoms with Crippen molar-refractivity contribution in [1.29, 1.82) is 0 Å². The number of carbonyl (C=O) groups is 1. The van der Waals surface area contributed by atoms with E-state index in [0.717, 1.165) is 14.7 Å². The van der Waals surface area contributed by atoms with Crippen LogP contribution in [0.3, 0.4) is 0 Å². The molecule has 0 saturated heterocycles. The van der Waals surface area contributed by atoms with Crippen molar-refractivity contribution in [1.82, 2.24) is 4.57 Å². The van der Waals surface area contributed by atoms with E-state index in [-0.39, 0.29) is 5.69 Å². The van der Waals surface area contributed by atoms with Crippen LogP contribution in [0.1, 0.15) is 5.56 Å². The predicted octanol–water partition coefficient (Wildman–Crippen LogP) is 4.05. The highest BCUT2D eigenvalue weighted by Crippen LogP contribution is 2.24. The van der Waals surface area contributed by atoms with Gasteiger partial charge < -0.3 is 4.57 Å². The number of carbonyl (C=O) groups excluding carboxylic acids is 1. The second kappa shape index (κ2) is 7.12. The molecular weight excluding hydrogens is 406 g/mol. The molecule has 0 radical (unpaired) electrons. The van der Waals surface area contributed by atoms with Gasteiger partial charge in [0.1, 0.15) is 0 Å². The molecule has 126 valence electrons. The van der Waals surface area contributed by atoms with Crippen LogP contribution < -0.4 is 4.80 Å². The van der Waals surface area contributed by atoms with Crippen LogP contribution >= 0.6 is 27.3 Å². The summed E-state index contributed by atoms with van der Waals surface area (Å²) in [5.41, 5.74) is 1.52. The lowest BCUT2D eigenvalue weighted by atomic mass is 10.2. The molecule has 2 aromatic carbocycles. The second-order valence-electron chi connectivity index (χ2n) is 5.17. The fraction of sp³-hybridized carbons (Fsp3) is 0.0588. The highest BCUT2D eigenvalue weighted by molar-refractivity contribution is 9.10. The summed E-state index contributed by atoms with van der Waals surface area (Å²) in [5.74, 6) is -0.426. The topological polar surface area (TPSA) is 77.5 Å². The molecule has 1 amide bonds. The van der Waals surface area contributed by atoms with Crippen molar-refractivity contribution in [2.75, 3.05) is 0 Å². The van der Waals surface area contributed by atoms with E-state index in [1.165, 1.54) is 35.6 Å². The Bertz CT molecular complexity index is 1080. The molecule has 0 spiro atoms. The van der Waals surface area contributed by atoms with E-state index in [4.69, 9.17) is 0 Å². The fourth-order valence-electron chi connectivity index (χ4n) is 2.30. The van der Waals surface area contributed by atoms with Crippen LogP contribution in [0.4, 0.5) is 5.69 Å². The van der Waals surface area contributed by atoms with Crippen LogP contribution in [0.25, 0.3) is 16.3 Å². The Hall–Kier alpha value is -2.58. The lowest BCUT2D eigenvalue weighted by molar-refractivity contribution is -0.384. The van der Waals surface area contributed by atoms with Gasteiger partial charge in [0, 0.05) is 29.7 Å². The van der Waals surface area contributed by atoms with Crippen molar-refractivity contribution in [2.24, 2.45) is 12.0 Å². The lowest BCUT2D eigenvalue weighted by Gasteiger charge is -1.97. The van der Waals surface area contributed by atoms with Gasteiger partial charge in [-0.05, 0) is 39.7 Å². The number of benzene rings is 2. The molecule has 6 nitrogen and oxygen atoms in total. The van der Waals surface area contributed by atoms with Crippen molar-refractivity contribution < 1.29 is 9.72 Å². The number of nitrogens with zero attached hydrogens (tertiary/aromatic N) is 3. The van der Waals surface area contributed by atoms with Gasteiger partial charge in [0.25, 0.3) is 11.6 Å². The zero-order valence-corrected chi connectivity index (χ0v) is 15.5. The Kier molecular flexibility index (Phi) is 4.91. The Labute approximate surface area is 155 Å². The summed E-state index contributed by atoms with van der Waals surface area (Å²) in [4.78, 5) is 27.1. The van der Waals surface area contributed by atoms with Gasteiger partial charge in [0.15, 0.2) is 4.80 Å². The van der Waals surface area contributed by atoms with Gasteiger partial charge in [-0.1, -0.05) is 29.5 Å². The molecule has 25 heavy (non-hydrogen) atoms. The number of amides is 1. The zero-order chi connectivity index (χ0) is 18.0. The Morgan fingerprint density at radius 1 is 1.32 bits per heavy atom. The van der Waals surface area contributed by atoms with Gasteiger partial charge >= 0.3 is 0 Å². The van der Waals surface area contributed by atoms with Gasteiger partial charge in [-0.25, -0.2) is 0 Å². The van der Waals surface area contributed by atoms with Crippen molar-refractivity contribution in [3.05, 3.63) is 73.5 Å². The highest BCUT2D eigenvalue weighted by Gasteiger charge is 2.07. The minimum atomic E-state index is -0.474. The molecule has 0 saturated carbocycles. The number of para-hydroxylation sites is 1. The largest absolute Gasteiger partial charge is 0.318 e. The average molecular weight is 418 g/mol. The molecular formula is C17H12BrN3O3S. The van der Waals surface area contributed by atoms with Crippen LogP contribution in [-0.4, -0.2) is 15.4 Å². The van der Waals surface area contributed by atoms with Crippen LogP contribution in [0, 0.1) is 10.1 Å². The number of halogens is 1. The number of hydrogen-bond acceptors (Lipinski definition) is 4. The van der Waals surface area contributed by atoms with Crippen LogP contribution in [-0.2, 0) is 11.8 Å². The summed E-state index contributed by atoms with van der Waals surface area (Å²) in [7, 11) is 1.85. The minimum Gasteiger partial charge on any atom is -0.318 e. The van der Waals surface area contributed by atoms with Gasteiger partial charge in [-0.2, -0.15) is 4.99 Å². The Morgan fingerprint density at radius 3 is 2.80 bits per heavy atom. The third kappa shape index (κ3) is 3.75. The maximum Gasteiger partial charge on any atom is 0.272 e. The van der Waals surface area contributed by atoms with Crippen molar-refractivity contribution in [3.63, 3.8) is 0 Å². The molecule has 0 fully saturated rings. The van der Waals surface area contributed by atoms with E-state index < -0.39 is 10.8 Å². The van der Waals surface area contributed by atoms with Gasteiger partial charge in [0.2, 0.25) is 0 Å². The zero-order valence-electron chi connectivity index (χ0n) is 13.0. The molecule has 3 rings (SSSR count). The molecule has 8 heteroatoms. The van der Waals surface area contributed by atoms with E-state index in [1.54, 1.807) is 12.1 Å². The molecule has 0 aliphatic rings. The van der Waals surface area contributed by atoms with E-state index in [1.807, 2.05) is 29.8 Å². The smallest absolute Gasteiger partial charge is 0.272 e. The first-order valence-electron chi connectivity index (χ1n) is 7.21. The first kappa shape index (κ1) is 17.2. The van der Waals surface area contributed by atoms with Crippen molar-refractivity contribution in [3.8, 4) is 0 Å². The van der Waals surface area contributed by atoms with Crippen LogP contribution in [0.2, 0.25) is 0 Å². The van der Waals surface area contributed by atoms with Crippen molar-refractivity contribution >= 4 is 55.2 Å². The van der Waals surface area contributed by atoms with E-state index >= 15 is 0 Å². The number of aryl methyl sites for hydroxylation is 1. The van der Waals surface area contributed by atoms with E-state index in [0.29, 0.717) is 10.4 Å². The lowest BCUT2D eigenvalue weighted by Crippen LogP contribution is -2.12. The van der Waals surface area contributed by atoms with E-state index in [2.05, 4.69) is 20.9 Å². The minimum absolute atomic E-state index is 0.0210. The third-order valence-electron chi connectivity index (χ3n) is 3.48. The highest BCUT2D eigenvalue weighted by atomic mass is 79.9. The summed E-state index contributed by atoms with van der Waals surface area (Å²) in [5, 5.41) is 10.8. The fourth-order valence-corrected chi connectivity index (χ4v) is 4.12. The number of rotatable bonds is 3. The van der Waals surface area contributed by atoms with Crippen molar-refractivity contribution in [2.45, 2.75) is 0 Å². The number of nitro benzene ring substituents is 1. The summed E-state index contributed by atoms with van der Waals surface area (Å²) >= 11 is 4.91. The second-order valence-corrected chi connectivity index (χ2v) is 7.03. The number of thiazole rings is 1. The first-order chi connectivity index (χ1) is 12.0. The predicted molar refractivity (Wildman–Crippen MR) is 101 cm³/mol. The molecule has 0 aliphatic carbocycles. The normalized spacial score (nSPS) is 12.2. The van der Waals surface area contributed by atoms with Crippen LogP contribution in [0.5, 0.6) is 0 Å². The molecule has 3 aromatic rings. The Morgan fingerprint density at radius 2 is 2.08 bits per heavy atom.